The second-order valence-electron chi connectivity index (χ2n) is 5.65. The average Bonchev–Trinajstić information content (AvgIpc) is 3.34. The van der Waals surface area contributed by atoms with E-state index in [0.717, 1.165) is 0 Å². The molecule has 1 unspecified atom stereocenters. The van der Waals surface area contributed by atoms with Crippen LogP contribution in [0.1, 0.15) is 31.0 Å². The Bertz CT molecular complexity index is 978. The molecule has 12 heteroatoms. The van der Waals surface area contributed by atoms with Gasteiger partial charge in [0, 0.05) is 24.8 Å². The van der Waals surface area contributed by atoms with E-state index >= 15 is 0 Å². The second kappa shape index (κ2) is 8.07. The molecule has 28 heavy (non-hydrogen) atoms. The Kier molecular flexibility index (Phi) is 4.66. The Balaban J connectivity index is 1.99. The summed E-state index contributed by atoms with van der Waals surface area (Å²) in [7, 11) is 0. The molecule has 4 atom stereocenters. The highest BCUT2D eigenvalue weighted by Crippen LogP contribution is 2.36. The van der Waals surface area contributed by atoms with E-state index in [1.165, 1.54) is 17.2 Å². The van der Waals surface area contributed by atoms with Crippen LogP contribution in [0.25, 0.3) is 11.2 Å². The topological polar surface area (TPSA) is 132 Å². The lowest BCUT2D eigenvalue weighted by Gasteiger charge is -2.23. The molecule has 3 rings (SSSR count). The molecule has 2 aromatic rings. The number of carbonyl (C=O) groups excluding carboxylic acids is 3. The van der Waals surface area contributed by atoms with E-state index < -0.39 is 69.8 Å². The molecular weight excluding hydrogens is 396 g/mol. The molecule has 11 nitrogen and oxygen atoms in total. The van der Waals surface area contributed by atoms with E-state index in [0.29, 0.717) is 0 Å². The van der Waals surface area contributed by atoms with Crippen LogP contribution in [0.3, 0.4) is 0 Å². The lowest BCUT2D eigenvalue weighted by atomic mass is 10.1. The van der Waals surface area contributed by atoms with Crippen LogP contribution < -0.4 is 0 Å². The molecule has 1 saturated heterocycles. The number of halogens is 1. The molecule has 0 saturated carbocycles. The van der Waals surface area contributed by atoms with Gasteiger partial charge >= 0.3 is 17.9 Å². The van der Waals surface area contributed by atoms with E-state index in [4.69, 9.17) is 34.7 Å². The molecule has 0 radical (unpaired) electrons. The summed E-state index contributed by atoms with van der Waals surface area (Å²) in [4.78, 5) is 47.2. The summed E-state index contributed by atoms with van der Waals surface area (Å²) in [6, 6.07) is 0. The van der Waals surface area contributed by atoms with E-state index in [1.807, 2.05) is 0 Å². The quantitative estimate of drug-likeness (QED) is 0.392. The third kappa shape index (κ3) is 4.04. The van der Waals surface area contributed by atoms with Crippen LogP contribution in [0.2, 0.25) is 5.15 Å². The van der Waals surface area contributed by atoms with Gasteiger partial charge in [-0.15, -0.1) is 0 Å². The fourth-order valence-corrected chi connectivity index (χ4v) is 3.00. The Labute approximate surface area is 168 Å². The second-order valence-corrected chi connectivity index (χ2v) is 6.00. The van der Waals surface area contributed by atoms with Gasteiger partial charge in [-0.05, 0) is 0 Å². The Morgan fingerprint density at radius 3 is 2.57 bits per heavy atom. The SMILES string of the molecule is [2H]CC(=O)OC[C@H]1OC(n2cnc3c(Cl)ncnc32)[C@H](OC(=O)C[2H])[C@@H]1OC(=O)C[2H]. The summed E-state index contributed by atoms with van der Waals surface area (Å²) in [5.41, 5.74) is 0.466. The summed E-state index contributed by atoms with van der Waals surface area (Å²) < 4.78 is 44.2. The highest BCUT2D eigenvalue weighted by Gasteiger charge is 2.51. The Morgan fingerprint density at radius 1 is 1.14 bits per heavy atom. The molecule has 3 heterocycles. The zero-order chi connectivity index (χ0) is 22.5. The number of hydrogen-bond acceptors (Lipinski definition) is 10. The molecule has 1 fully saturated rings. The van der Waals surface area contributed by atoms with Gasteiger partial charge in [0.25, 0.3) is 0 Å². The molecule has 0 bridgehead atoms. The van der Waals surface area contributed by atoms with Crippen LogP contribution >= 0.6 is 11.6 Å². The first-order valence-corrected chi connectivity index (χ1v) is 8.18. The summed E-state index contributed by atoms with van der Waals surface area (Å²) in [5.74, 6) is -2.70. The van der Waals surface area contributed by atoms with Gasteiger partial charge in [-0.1, -0.05) is 11.6 Å². The Hall–Kier alpha value is -2.79. The smallest absolute Gasteiger partial charge is 0.303 e. The lowest BCUT2D eigenvalue weighted by Crippen LogP contribution is -2.40. The van der Waals surface area contributed by atoms with Crippen LogP contribution in [0, 0.1) is 0 Å². The number of rotatable bonds is 5. The number of imidazole rings is 1. The van der Waals surface area contributed by atoms with Gasteiger partial charge in [0.15, 0.2) is 29.2 Å². The van der Waals surface area contributed by atoms with Gasteiger partial charge in [-0.25, -0.2) is 15.0 Å². The maximum absolute atomic E-state index is 11.9. The van der Waals surface area contributed by atoms with Crippen LogP contribution in [0.15, 0.2) is 12.7 Å². The van der Waals surface area contributed by atoms with Gasteiger partial charge in [-0.2, -0.15) is 0 Å². The summed E-state index contributed by atoms with van der Waals surface area (Å²) in [5, 5.41) is 0.0690. The van der Waals surface area contributed by atoms with Gasteiger partial charge in [0.1, 0.15) is 24.6 Å². The van der Waals surface area contributed by atoms with Crippen molar-refractivity contribution in [3.05, 3.63) is 17.8 Å². The first kappa shape index (κ1) is 16.2. The standard InChI is InChI=1S/C16H17ClN4O7/c1-7(22)25-4-10-12(26-8(2)23)13(27-9(3)24)16(28-10)21-6-20-11-14(17)18-5-19-15(11)21/h5-6,10,12-13,16H,4H2,1-3H3/t10-,12-,13-,16?/m1/s1/i1D,2D,3D. The summed E-state index contributed by atoms with van der Waals surface area (Å²) >= 11 is 6.02. The minimum Gasteiger partial charge on any atom is -0.463 e. The van der Waals surface area contributed by atoms with E-state index in [1.54, 1.807) is 0 Å². The van der Waals surface area contributed by atoms with Crippen molar-refractivity contribution in [3.8, 4) is 0 Å². The van der Waals surface area contributed by atoms with Crippen LogP contribution in [0.5, 0.6) is 0 Å². The number of fused-ring (bicyclic) bond motifs is 1. The molecular formula is C16H17ClN4O7. The number of nitrogens with zero attached hydrogens (tertiary/aromatic N) is 4. The van der Waals surface area contributed by atoms with E-state index in [9.17, 15) is 14.4 Å². The van der Waals surface area contributed by atoms with Crippen molar-refractivity contribution in [2.75, 3.05) is 6.61 Å². The van der Waals surface area contributed by atoms with E-state index in [-0.39, 0.29) is 16.3 Å². The molecule has 0 aliphatic carbocycles. The van der Waals surface area contributed by atoms with Crippen molar-refractivity contribution >= 4 is 40.7 Å². The highest BCUT2D eigenvalue weighted by molar-refractivity contribution is 6.33. The van der Waals surface area contributed by atoms with Crippen molar-refractivity contribution in [2.45, 2.75) is 45.2 Å². The van der Waals surface area contributed by atoms with Gasteiger partial charge in [-0.3, -0.25) is 19.0 Å². The molecule has 150 valence electrons. The lowest BCUT2D eigenvalue weighted by molar-refractivity contribution is -0.166. The minimum atomic E-state index is -1.28. The first-order valence-electron chi connectivity index (χ1n) is 9.92. The molecule has 0 N–H and O–H groups in total. The van der Waals surface area contributed by atoms with Gasteiger partial charge in [0.05, 0.1) is 6.33 Å². The highest BCUT2D eigenvalue weighted by atomic mass is 35.5. The first-order chi connectivity index (χ1) is 14.9. The molecule has 1 aliphatic rings. The fraction of sp³-hybridized carbons (Fsp3) is 0.500. The largest absolute Gasteiger partial charge is 0.463 e. The Morgan fingerprint density at radius 2 is 1.86 bits per heavy atom. The number of esters is 3. The van der Waals surface area contributed by atoms with Crippen LogP contribution in [-0.2, 0) is 33.3 Å². The van der Waals surface area contributed by atoms with E-state index in [2.05, 4.69) is 15.0 Å². The third-order valence-corrected chi connectivity index (χ3v) is 4.09. The predicted octanol–water partition coefficient (Wildman–Crippen LogP) is 0.804. The van der Waals surface area contributed by atoms with Crippen molar-refractivity contribution in [1.82, 2.24) is 19.5 Å². The molecule has 2 aromatic heterocycles. The number of hydrogen-bond donors (Lipinski definition) is 0. The van der Waals surface area contributed by atoms with Crippen molar-refractivity contribution in [2.24, 2.45) is 0 Å². The van der Waals surface area contributed by atoms with Crippen LogP contribution in [0.4, 0.5) is 0 Å². The van der Waals surface area contributed by atoms with Crippen molar-refractivity contribution < 1.29 is 37.4 Å². The monoisotopic (exact) mass is 415 g/mol. The van der Waals surface area contributed by atoms with Crippen LogP contribution in [-0.4, -0.2) is 62.3 Å². The fourth-order valence-electron chi connectivity index (χ4n) is 2.82. The molecule has 1 aliphatic heterocycles. The maximum atomic E-state index is 11.9. The number of aromatic nitrogens is 4. The predicted molar refractivity (Wildman–Crippen MR) is 92.0 cm³/mol. The van der Waals surface area contributed by atoms with Gasteiger partial charge < -0.3 is 18.9 Å². The van der Waals surface area contributed by atoms with Crippen molar-refractivity contribution in [3.63, 3.8) is 0 Å². The normalized spacial score (nSPS) is 25.5. The maximum Gasteiger partial charge on any atom is 0.303 e. The van der Waals surface area contributed by atoms with Crippen molar-refractivity contribution in [1.29, 1.82) is 0 Å². The number of carbonyl (C=O) groups is 3. The summed E-state index contributed by atoms with van der Waals surface area (Å²) in [6.45, 7) is -2.47. The van der Waals surface area contributed by atoms with Gasteiger partial charge in [0.2, 0.25) is 0 Å². The average molecular weight is 416 g/mol. The molecule has 0 spiro atoms. The molecule has 0 aromatic carbocycles. The zero-order valence-electron chi connectivity index (χ0n) is 17.3. The summed E-state index contributed by atoms with van der Waals surface area (Å²) in [6.07, 6.45) is -2.30. The minimum absolute atomic E-state index is 0.0690. The third-order valence-electron chi connectivity index (χ3n) is 3.82. The molecule has 0 amide bonds. The number of ether oxygens (including phenoxy) is 4. The zero-order valence-corrected chi connectivity index (χ0v) is 15.1.